The number of carbonyl (C=O) groups excluding carboxylic acids is 2. The van der Waals surface area contributed by atoms with E-state index in [2.05, 4.69) is 31.9 Å². The van der Waals surface area contributed by atoms with Crippen LogP contribution in [0.15, 0.2) is 54.0 Å². The Balaban J connectivity index is 2.46. The summed E-state index contributed by atoms with van der Waals surface area (Å²) in [5.41, 5.74) is 5.78. The second-order valence-corrected chi connectivity index (χ2v) is 7.05. The molecule has 4 atom stereocenters. The molecule has 0 saturated carbocycles. The molecule has 0 aromatic carbocycles. The Kier molecular flexibility index (Phi) is 7.26. The lowest BCUT2D eigenvalue weighted by Crippen LogP contribution is -2.41. The number of carbonyl (C=O) groups is 2. The highest BCUT2D eigenvalue weighted by Crippen LogP contribution is 2.43. The molecular weight excluding hydrogens is 344 g/mol. The molecule has 1 aliphatic heterocycles. The Bertz CT molecular complexity index is 708. The Morgan fingerprint density at radius 1 is 1.33 bits per heavy atom. The van der Waals surface area contributed by atoms with Gasteiger partial charge in [0.2, 0.25) is 6.29 Å². The van der Waals surface area contributed by atoms with Crippen LogP contribution in [-0.2, 0) is 23.8 Å². The van der Waals surface area contributed by atoms with Crippen molar-refractivity contribution in [2.75, 3.05) is 0 Å². The molecule has 0 aromatic heterocycles. The molecule has 146 valence electrons. The monoisotopic (exact) mass is 372 g/mol. The zero-order valence-electron chi connectivity index (χ0n) is 16.3. The minimum atomic E-state index is -0.729. The van der Waals surface area contributed by atoms with Crippen molar-refractivity contribution in [3.63, 3.8) is 0 Å². The molecule has 0 bridgehead atoms. The first kappa shape index (κ1) is 20.8. The second kappa shape index (κ2) is 9.43. The maximum atomic E-state index is 11.6. The van der Waals surface area contributed by atoms with Gasteiger partial charge in [-0.3, -0.25) is 9.59 Å². The SMILES string of the molecule is C=C=CC(OC(C)=O)C1=COC(OC(C)=O)C2C(=C)CC/C=C(/C)CCC12. The normalized spacial score (nSPS) is 28.3. The molecule has 0 aromatic rings. The van der Waals surface area contributed by atoms with Gasteiger partial charge >= 0.3 is 11.9 Å². The van der Waals surface area contributed by atoms with Crippen LogP contribution in [0.4, 0.5) is 0 Å². The van der Waals surface area contributed by atoms with Crippen molar-refractivity contribution in [3.8, 4) is 0 Å². The van der Waals surface area contributed by atoms with E-state index in [0.29, 0.717) is 0 Å². The van der Waals surface area contributed by atoms with Crippen LogP contribution >= 0.6 is 0 Å². The third-order valence-electron chi connectivity index (χ3n) is 4.95. The van der Waals surface area contributed by atoms with Gasteiger partial charge < -0.3 is 14.2 Å². The topological polar surface area (TPSA) is 61.8 Å². The molecule has 0 fully saturated rings. The number of esters is 2. The summed E-state index contributed by atoms with van der Waals surface area (Å²) in [4.78, 5) is 23.2. The summed E-state index contributed by atoms with van der Waals surface area (Å²) in [5, 5.41) is 0. The van der Waals surface area contributed by atoms with E-state index in [9.17, 15) is 9.59 Å². The lowest BCUT2D eigenvalue weighted by atomic mass is 9.74. The molecule has 0 radical (unpaired) electrons. The van der Waals surface area contributed by atoms with Crippen LogP contribution in [0.25, 0.3) is 0 Å². The highest BCUT2D eigenvalue weighted by atomic mass is 16.7. The van der Waals surface area contributed by atoms with E-state index in [1.807, 2.05) is 0 Å². The molecule has 0 saturated heterocycles. The maximum Gasteiger partial charge on any atom is 0.305 e. The summed E-state index contributed by atoms with van der Waals surface area (Å²) in [5.74, 6) is -1.04. The Hall–Kier alpha value is -2.52. The molecule has 27 heavy (non-hydrogen) atoms. The minimum Gasteiger partial charge on any atom is -0.462 e. The van der Waals surface area contributed by atoms with Crippen molar-refractivity contribution in [3.05, 3.63) is 54.0 Å². The first-order valence-electron chi connectivity index (χ1n) is 9.22. The zero-order chi connectivity index (χ0) is 20.0. The van der Waals surface area contributed by atoms with Crippen molar-refractivity contribution in [2.24, 2.45) is 11.8 Å². The minimum absolute atomic E-state index is 0.0361. The van der Waals surface area contributed by atoms with Gasteiger partial charge in [0.15, 0.2) is 6.10 Å². The van der Waals surface area contributed by atoms with Crippen LogP contribution in [0, 0.1) is 11.8 Å². The van der Waals surface area contributed by atoms with Crippen LogP contribution in [0.2, 0.25) is 0 Å². The molecule has 2 rings (SSSR count). The van der Waals surface area contributed by atoms with Gasteiger partial charge in [0.25, 0.3) is 0 Å². The Morgan fingerprint density at radius 3 is 2.70 bits per heavy atom. The van der Waals surface area contributed by atoms with Gasteiger partial charge in [-0.25, -0.2) is 0 Å². The number of hydrogen-bond acceptors (Lipinski definition) is 5. The predicted octanol–water partition coefficient (Wildman–Crippen LogP) is 4.37. The smallest absolute Gasteiger partial charge is 0.305 e. The fourth-order valence-electron chi connectivity index (χ4n) is 3.72. The first-order valence-corrected chi connectivity index (χ1v) is 9.22. The molecule has 1 heterocycles. The lowest BCUT2D eigenvalue weighted by molar-refractivity contribution is -0.181. The summed E-state index contributed by atoms with van der Waals surface area (Å²) < 4.78 is 16.7. The average Bonchev–Trinajstić information content (AvgIpc) is 2.64. The highest BCUT2D eigenvalue weighted by Gasteiger charge is 2.42. The van der Waals surface area contributed by atoms with Crippen LogP contribution in [0.3, 0.4) is 0 Å². The highest BCUT2D eigenvalue weighted by molar-refractivity contribution is 5.67. The average molecular weight is 372 g/mol. The molecule has 1 aliphatic carbocycles. The molecule has 5 nitrogen and oxygen atoms in total. The van der Waals surface area contributed by atoms with Gasteiger partial charge in [-0.2, -0.15) is 0 Å². The van der Waals surface area contributed by atoms with Crippen molar-refractivity contribution in [1.29, 1.82) is 0 Å². The van der Waals surface area contributed by atoms with E-state index in [4.69, 9.17) is 14.2 Å². The Morgan fingerprint density at radius 2 is 2.07 bits per heavy atom. The number of ether oxygens (including phenoxy) is 3. The van der Waals surface area contributed by atoms with Crippen LogP contribution in [0.5, 0.6) is 0 Å². The van der Waals surface area contributed by atoms with Gasteiger partial charge in [0.05, 0.1) is 12.2 Å². The zero-order valence-corrected chi connectivity index (χ0v) is 16.3. The summed E-state index contributed by atoms with van der Waals surface area (Å²) >= 11 is 0. The van der Waals surface area contributed by atoms with Crippen molar-refractivity contribution in [2.45, 2.75) is 58.8 Å². The number of allylic oxidation sites excluding steroid dienone is 2. The summed E-state index contributed by atoms with van der Waals surface area (Å²) in [7, 11) is 0. The van der Waals surface area contributed by atoms with Crippen molar-refractivity contribution in [1.82, 2.24) is 0 Å². The summed E-state index contributed by atoms with van der Waals surface area (Å²) in [6.45, 7) is 12.7. The predicted molar refractivity (Wildman–Crippen MR) is 102 cm³/mol. The van der Waals surface area contributed by atoms with E-state index < -0.39 is 24.3 Å². The maximum absolute atomic E-state index is 11.6. The standard InChI is InChI=1S/C22H28O5/c1-6-8-20(26-16(4)23)19-13-25-22(27-17(5)24)21-15(3)10-7-9-14(2)11-12-18(19)21/h8-9,13,18,20-22H,1,3,7,10-12H2,2,4-5H3/b14-9-. The fourth-order valence-corrected chi connectivity index (χ4v) is 3.72. The van der Waals surface area contributed by atoms with Crippen LogP contribution in [0.1, 0.15) is 46.5 Å². The molecule has 0 spiro atoms. The Labute approximate surface area is 161 Å². The molecule has 0 N–H and O–H groups in total. The van der Waals surface area contributed by atoms with E-state index in [-0.39, 0.29) is 11.8 Å². The lowest BCUT2D eigenvalue weighted by Gasteiger charge is -2.40. The third-order valence-corrected chi connectivity index (χ3v) is 4.95. The summed E-state index contributed by atoms with van der Waals surface area (Å²) in [6, 6.07) is 0. The fraction of sp³-hybridized carbons (Fsp3) is 0.500. The molecule has 2 aliphatic rings. The van der Waals surface area contributed by atoms with Gasteiger partial charge in [-0.15, -0.1) is 5.73 Å². The van der Waals surface area contributed by atoms with E-state index >= 15 is 0 Å². The van der Waals surface area contributed by atoms with Crippen LogP contribution in [-0.4, -0.2) is 24.3 Å². The second-order valence-electron chi connectivity index (χ2n) is 7.05. The first-order chi connectivity index (χ1) is 12.8. The third kappa shape index (κ3) is 5.48. The molecular formula is C22H28O5. The number of hydrogen-bond donors (Lipinski definition) is 0. The molecule has 4 unspecified atom stereocenters. The van der Waals surface area contributed by atoms with Crippen molar-refractivity contribution >= 4 is 11.9 Å². The number of fused-ring (bicyclic) bond motifs is 1. The van der Waals surface area contributed by atoms with Gasteiger partial charge in [0.1, 0.15) is 0 Å². The number of rotatable bonds is 4. The largest absolute Gasteiger partial charge is 0.462 e. The van der Waals surface area contributed by atoms with E-state index in [0.717, 1.165) is 36.8 Å². The van der Waals surface area contributed by atoms with Gasteiger partial charge in [-0.1, -0.05) is 30.4 Å². The van der Waals surface area contributed by atoms with E-state index in [1.54, 1.807) is 12.3 Å². The molecule has 5 heteroatoms. The summed E-state index contributed by atoms with van der Waals surface area (Å²) in [6.07, 6.45) is 7.41. The quantitative estimate of drug-likeness (QED) is 0.416. The van der Waals surface area contributed by atoms with E-state index in [1.165, 1.54) is 19.4 Å². The molecule has 0 amide bonds. The van der Waals surface area contributed by atoms with Crippen molar-refractivity contribution < 1.29 is 23.8 Å². The van der Waals surface area contributed by atoms with Crippen LogP contribution < -0.4 is 0 Å². The van der Waals surface area contributed by atoms with Gasteiger partial charge in [0, 0.05) is 31.4 Å². The van der Waals surface area contributed by atoms with Gasteiger partial charge in [-0.05, 0) is 32.6 Å².